The summed E-state index contributed by atoms with van der Waals surface area (Å²) in [6.07, 6.45) is 3.68. The van der Waals surface area contributed by atoms with Crippen LogP contribution in [0.3, 0.4) is 0 Å². The van der Waals surface area contributed by atoms with Crippen LogP contribution in [-0.4, -0.2) is 22.5 Å². The van der Waals surface area contributed by atoms with E-state index in [1.54, 1.807) is 18.5 Å². The Bertz CT molecular complexity index is 873. The maximum Gasteiger partial charge on any atom is 0.257 e. The van der Waals surface area contributed by atoms with Gasteiger partial charge in [0.15, 0.2) is 0 Å². The molecule has 1 aromatic carbocycles. The zero-order chi connectivity index (χ0) is 18.0. The number of pyridine rings is 1. The second-order valence-corrected chi connectivity index (χ2v) is 6.37. The topological polar surface area (TPSA) is 83.4 Å². The molecule has 128 valence electrons. The molecule has 1 aliphatic heterocycles. The quantitative estimate of drug-likeness (QED) is 0.904. The van der Waals surface area contributed by atoms with Crippen molar-refractivity contribution < 1.29 is 9.59 Å². The number of amides is 2. The van der Waals surface area contributed by atoms with Gasteiger partial charge in [0.25, 0.3) is 5.91 Å². The lowest BCUT2D eigenvalue weighted by atomic mass is 9.91. The SMILES string of the molecule is Cc1cncc(C(=O)Nc2ccc(C3=NNC(=O)CC3C)c(C)c2)c1. The molecule has 0 saturated heterocycles. The maximum absolute atomic E-state index is 12.3. The van der Waals surface area contributed by atoms with Crippen molar-refractivity contribution in [1.29, 1.82) is 0 Å². The predicted octanol–water partition coefficient (Wildman–Crippen LogP) is 2.81. The Balaban J connectivity index is 1.80. The molecule has 2 aromatic rings. The average molecular weight is 336 g/mol. The third-order valence-electron chi connectivity index (χ3n) is 4.16. The zero-order valence-electron chi connectivity index (χ0n) is 14.5. The second-order valence-electron chi connectivity index (χ2n) is 6.37. The van der Waals surface area contributed by atoms with E-state index in [1.165, 1.54) is 0 Å². The van der Waals surface area contributed by atoms with Crippen LogP contribution in [0.15, 0.2) is 41.8 Å². The minimum absolute atomic E-state index is 0.0614. The highest BCUT2D eigenvalue weighted by molar-refractivity contribution is 6.08. The molecule has 0 aliphatic carbocycles. The molecule has 2 N–H and O–H groups in total. The van der Waals surface area contributed by atoms with Gasteiger partial charge in [-0.25, -0.2) is 5.43 Å². The average Bonchev–Trinajstić information content (AvgIpc) is 2.56. The van der Waals surface area contributed by atoms with Crippen LogP contribution in [0.25, 0.3) is 0 Å². The van der Waals surface area contributed by atoms with Crippen molar-refractivity contribution in [2.24, 2.45) is 11.0 Å². The highest BCUT2D eigenvalue weighted by Crippen LogP contribution is 2.22. The van der Waals surface area contributed by atoms with Crippen molar-refractivity contribution >= 4 is 23.2 Å². The first-order valence-electron chi connectivity index (χ1n) is 8.14. The predicted molar refractivity (Wildman–Crippen MR) is 96.6 cm³/mol. The van der Waals surface area contributed by atoms with Crippen molar-refractivity contribution in [3.05, 3.63) is 58.9 Å². The van der Waals surface area contributed by atoms with Gasteiger partial charge in [-0.3, -0.25) is 14.6 Å². The van der Waals surface area contributed by atoms with Gasteiger partial charge >= 0.3 is 0 Å². The van der Waals surface area contributed by atoms with Gasteiger partial charge in [-0.05, 0) is 43.2 Å². The first kappa shape index (κ1) is 16.8. The van der Waals surface area contributed by atoms with Gasteiger partial charge in [0.2, 0.25) is 5.91 Å². The maximum atomic E-state index is 12.3. The minimum Gasteiger partial charge on any atom is -0.322 e. The van der Waals surface area contributed by atoms with Crippen LogP contribution in [-0.2, 0) is 4.79 Å². The number of carbonyl (C=O) groups is 2. The van der Waals surface area contributed by atoms with Gasteiger partial charge in [0.1, 0.15) is 0 Å². The molecule has 3 rings (SSSR count). The summed E-state index contributed by atoms with van der Waals surface area (Å²) in [4.78, 5) is 27.8. The molecule has 0 radical (unpaired) electrons. The van der Waals surface area contributed by atoms with Crippen molar-refractivity contribution in [3.8, 4) is 0 Å². The van der Waals surface area contributed by atoms with E-state index in [1.807, 2.05) is 39.0 Å². The molecule has 0 spiro atoms. The van der Waals surface area contributed by atoms with Crippen LogP contribution in [0, 0.1) is 19.8 Å². The molecule has 6 heteroatoms. The molecule has 2 heterocycles. The molecular weight excluding hydrogens is 316 g/mol. The summed E-state index contributed by atoms with van der Waals surface area (Å²) in [7, 11) is 0. The van der Waals surface area contributed by atoms with Gasteiger partial charge in [-0.2, -0.15) is 5.10 Å². The largest absolute Gasteiger partial charge is 0.322 e. The summed E-state index contributed by atoms with van der Waals surface area (Å²) in [6.45, 7) is 5.84. The van der Waals surface area contributed by atoms with Crippen molar-refractivity contribution in [3.63, 3.8) is 0 Å². The fourth-order valence-electron chi connectivity index (χ4n) is 2.89. The van der Waals surface area contributed by atoms with Crippen LogP contribution in [0.2, 0.25) is 0 Å². The van der Waals surface area contributed by atoms with Gasteiger partial charge in [-0.1, -0.05) is 13.0 Å². The monoisotopic (exact) mass is 336 g/mol. The summed E-state index contributed by atoms with van der Waals surface area (Å²) < 4.78 is 0. The Morgan fingerprint density at radius 1 is 1.24 bits per heavy atom. The molecule has 1 aliphatic rings. The van der Waals surface area contributed by atoms with E-state index in [-0.39, 0.29) is 17.7 Å². The Morgan fingerprint density at radius 2 is 2.04 bits per heavy atom. The number of benzene rings is 1. The highest BCUT2D eigenvalue weighted by Gasteiger charge is 2.22. The Labute approximate surface area is 146 Å². The van der Waals surface area contributed by atoms with Crippen LogP contribution in [0.1, 0.15) is 40.4 Å². The first-order chi connectivity index (χ1) is 11.9. The molecule has 2 amide bonds. The van der Waals surface area contributed by atoms with Crippen LogP contribution >= 0.6 is 0 Å². The van der Waals surface area contributed by atoms with Gasteiger partial charge in [0, 0.05) is 36.0 Å². The molecule has 0 fully saturated rings. The molecular formula is C19H20N4O2. The van der Waals surface area contributed by atoms with E-state index >= 15 is 0 Å². The van der Waals surface area contributed by atoms with E-state index in [9.17, 15) is 9.59 Å². The number of nitrogens with zero attached hydrogens (tertiary/aromatic N) is 2. The van der Waals surface area contributed by atoms with E-state index < -0.39 is 0 Å². The molecule has 6 nitrogen and oxygen atoms in total. The molecule has 25 heavy (non-hydrogen) atoms. The summed E-state index contributed by atoms with van der Waals surface area (Å²) in [5.74, 6) is -0.199. The Morgan fingerprint density at radius 3 is 2.72 bits per heavy atom. The smallest absolute Gasteiger partial charge is 0.257 e. The number of anilines is 1. The fourth-order valence-corrected chi connectivity index (χ4v) is 2.89. The van der Waals surface area contributed by atoms with Crippen LogP contribution in [0.5, 0.6) is 0 Å². The molecule has 0 saturated carbocycles. The zero-order valence-corrected chi connectivity index (χ0v) is 14.5. The van der Waals surface area contributed by atoms with Gasteiger partial charge in [-0.15, -0.1) is 0 Å². The summed E-state index contributed by atoms with van der Waals surface area (Å²) in [5, 5.41) is 7.08. The third-order valence-corrected chi connectivity index (χ3v) is 4.16. The van der Waals surface area contributed by atoms with Crippen LogP contribution in [0.4, 0.5) is 5.69 Å². The van der Waals surface area contributed by atoms with Crippen molar-refractivity contribution in [1.82, 2.24) is 10.4 Å². The number of hydrogen-bond acceptors (Lipinski definition) is 4. The fraction of sp³-hybridized carbons (Fsp3) is 0.263. The van der Waals surface area contributed by atoms with Crippen LogP contribution < -0.4 is 10.7 Å². The standard InChI is InChI=1S/C19H20N4O2/c1-11-6-14(10-20-9-11)19(25)21-15-4-5-16(12(2)7-15)18-13(3)8-17(24)22-23-18/h4-7,9-10,13H,8H2,1-3H3,(H,21,25)(H,22,24). The number of aromatic nitrogens is 1. The first-order valence-corrected chi connectivity index (χ1v) is 8.14. The number of hydrazone groups is 1. The van der Waals surface area contributed by atoms with E-state index in [0.717, 1.165) is 22.4 Å². The van der Waals surface area contributed by atoms with E-state index in [0.29, 0.717) is 17.7 Å². The molecule has 1 aromatic heterocycles. The minimum atomic E-state index is -0.195. The summed E-state index contributed by atoms with van der Waals surface area (Å²) in [6, 6.07) is 7.47. The number of rotatable bonds is 3. The molecule has 1 atom stereocenters. The third kappa shape index (κ3) is 3.74. The highest BCUT2D eigenvalue weighted by atomic mass is 16.2. The number of hydrogen-bond donors (Lipinski definition) is 2. The lowest BCUT2D eigenvalue weighted by Gasteiger charge is -2.21. The summed E-state index contributed by atoms with van der Waals surface area (Å²) >= 11 is 0. The number of nitrogens with one attached hydrogen (secondary N) is 2. The molecule has 1 unspecified atom stereocenters. The van der Waals surface area contributed by atoms with Gasteiger partial charge in [0.05, 0.1) is 11.3 Å². The number of aryl methyl sites for hydroxylation is 2. The lowest BCUT2D eigenvalue weighted by molar-refractivity contribution is -0.121. The lowest BCUT2D eigenvalue weighted by Crippen LogP contribution is -2.32. The van der Waals surface area contributed by atoms with Crippen molar-refractivity contribution in [2.75, 3.05) is 5.32 Å². The Hall–Kier alpha value is -3.02. The normalized spacial score (nSPS) is 16.8. The van der Waals surface area contributed by atoms with Gasteiger partial charge < -0.3 is 5.32 Å². The number of carbonyl (C=O) groups excluding carboxylic acids is 2. The second kappa shape index (κ2) is 6.84. The van der Waals surface area contributed by atoms with E-state index in [4.69, 9.17) is 0 Å². The summed E-state index contributed by atoms with van der Waals surface area (Å²) in [5.41, 5.74) is 7.52. The van der Waals surface area contributed by atoms with Crippen molar-refractivity contribution in [2.45, 2.75) is 27.2 Å². The Kier molecular flexibility index (Phi) is 4.61. The van der Waals surface area contributed by atoms with E-state index in [2.05, 4.69) is 20.8 Å². The molecule has 0 bridgehead atoms.